The lowest BCUT2D eigenvalue weighted by Gasteiger charge is -2.02. The van der Waals surface area contributed by atoms with Crippen LogP contribution in [0.25, 0.3) is 0 Å². The highest BCUT2D eigenvalue weighted by molar-refractivity contribution is 9.10. The molecule has 1 heterocycles. The fourth-order valence-electron chi connectivity index (χ4n) is 0.746. The molecule has 0 bridgehead atoms. The largest absolute Gasteiger partial charge is 0.481 e. The number of hydrogen-bond donors (Lipinski definition) is 1. The summed E-state index contributed by atoms with van der Waals surface area (Å²) in [6.45, 7) is 1.94. The van der Waals surface area contributed by atoms with E-state index in [1.807, 2.05) is 13.0 Å². The van der Waals surface area contributed by atoms with Crippen molar-refractivity contribution in [3.05, 3.63) is 22.3 Å². The van der Waals surface area contributed by atoms with Gasteiger partial charge in [0.25, 0.3) is 0 Å². The molecule has 0 unspecified atom stereocenters. The van der Waals surface area contributed by atoms with Crippen LogP contribution in [0.2, 0.25) is 0 Å². The van der Waals surface area contributed by atoms with Crippen LogP contribution in [0.3, 0.4) is 0 Å². The zero-order valence-electron chi connectivity index (χ0n) is 6.95. The van der Waals surface area contributed by atoms with Gasteiger partial charge in [-0.25, -0.2) is 4.98 Å². The van der Waals surface area contributed by atoms with Crippen LogP contribution in [-0.4, -0.2) is 21.8 Å². The van der Waals surface area contributed by atoms with Crippen LogP contribution in [0.4, 0.5) is 0 Å². The van der Waals surface area contributed by atoms with Crippen LogP contribution >= 0.6 is 27.7 Å². The Kier molecular flexibility index (Phi) is 3.74. The highest BCUT2D eigenvalue weighted by Crippen LogP contribution is 2.27. The van der Waals surface area contributed by atoms with Crippen molar-refractivity contribution in [2.45, 2.75) is 11.9 Å². The molecule has 0 atom stereocenters. The lowest BCUT2D eigenvalue weighted by atomic mass is 10.3. The Hall–Kier alpha value is -0.550. The maximum atomic E-state index is 10.3. The van der Waals surface area contributed by atoms with Gasteiger partial charge in [-0.15, -0.1) is 0 Å². The highest BCUT2D eigenvalue weighted by atomic mass is 79.9. The molecule has 0 saturated carbocycles. The van der Waals surface area contributed by atoms with Crippen LogP contribution in [0.1, 0.15) is 5.56 Å². The third-order valence-electron chi connectivity index (χ3n) is 1.38. The molecular weight excluding hydrogens is 254 g/mol. The fraction of sp³-hybridized carbons (Fsp3) is 0.250. The molecule has 0 saturated heterocycles. The zero-order valence-corrected chi connectivity index (χ0v) is 9.35. The predicted octanol–water partition coefficient (Wildman–Crippen LogP) is 2.33. The van der Waals surface area contributed by atoms with Gasteiger partial charge in [0, 0.05) is 6.20 Å². The second-order valence-electron chi connectivity index (χ2n) is 2.43. The van der Waals surface area contributed by atoms with E-state index in [1.54, 1.807) is 6.20 Å². The summed E-state index contributed by atoms with van der Waals surface area (Å²) in [6.07, 6.45) is 1.67. The third kappa shape index (κ3) is 3.00. The normalized spacial score (nSPS) is 10.0. The zero-order chi connectivity index (χ0) is 9.84. The van der Waals surface area contributed by atoms with Gasteiger partial charge in [0.15, 0.2) is 0 Å². The average molecular weight is 262 g/mol. The van der Waals surface area contributed by atoms with Gasteiger partial charge in [-0.2, -0.15) is 0 Å². The van der Waals surface area contributed by atoms with Crippen LogP contribution in [0, 0.1) is 6.92 Å². The molecule has 0 aliphatic heterocycles. The standard InChI is InChI=1S/C8H8BrNO2S/c1-5-2-3-10-8(7(5)9)13-4-6(11)12/h2-3H,4H2,1H3,(H,11,12). The van der Waals surface area contributed by atoms with E-state index < -0.39 is 5.97 Å². The maximum Gasteiger partial charge on any atom is 0.313 e. The molecule has 70 valence electrons. The van der Waals surface area contributed by atoms with Gasteiger partial charge in [0.1, 0.15) is 5.03 Å². The monoisotopic (exact) mass is 261 g/mol. The average Bonchev–Trinajstić information content (AvgIpc) is 2.07. The summed E-state index contributed by atoms with van der Waals surface area (Å²) < 4.78 is 0.876. The van der Waals surface area contributed by atoms with E-state index in [-0.39, 0.29) is 5.75 Å². The van der Waals surface area contributed by atoms with Gasteiger partial charge in [-0.05, 0) is 34.5 Å². The number of aryl methyl sites for hydroxylation is 1. The van der Waals surface area contributed by atoms with Crippen molar-refractivity contribution in [2.75, 3.05) is 5.75 Å². The fourth-order valence-corrected chi connectivity index (χ4v) is 2.01. The number of rotatable bonds is 3. The van der Waals surface area contributed by atoms with Crippen molar-refractivity contribution >= 4 is 33.7 Å². The van der Waals surface area contributed by atoms with Crippen LogP contribution < -0.4 is 0 Å². The van der Waals surface area contributed by atoms with Crippen molar-refractivity contribution in [3.63, 3.8) is 0 Å². The number of carboxylic acid groups (broad SMARTS) is 1. The molecule has 13 heavy (non-hydrogen) atoms. The number of thioether (sulfide) groups is 1. The third-order valence-corrected chi connectivity index (χ3v) is 3.62. The van der Waals surface area contributed by atoms with Gasteiger partial charge >= 0.3 is 5.97 Å². The Bertz CT molecular complexity index is 330. The van der Waals surface area contributed by atoms with E-state index in [0.29, 0.717) is 0 Å². The summed E-state index contributed by atoms with van der Waals surface area (Å²) in [5, 5.41) is 9.20. The topological polar surface area (TPSA) is 50.2 Å². The van der Waals surface area contributed by atoms with Crippen LogP contribution in [0.5, 0.6) is 0 Å². The molecule has 1 aromatic rings. The molecular formula is C8H8BrNO2S. The quantitative estimate of drug-likeness (QED) is 0.849. The smallest absolute Gasteiger partial charge is 0.313 e. The van der Waals surface area contributed by atoms with E-state index in [9.17, 15) is 4.79 Å². The number of aliphatic carboxylic acids is 1. The molecule has 1 aromatic heterocycles. The first kappa shape index (κ1) is 10.5. The molecule has 0 fully saturated rings. The van der Waals surface area contributed by atoms with E-state index in [2.05, 4.69) is 20.9 Å². The number of nitrogens with zero attached hydrogens (tertiary/aromatic N) is 1. The first-order valence-electron chi connectivity index (χ1n) is 3.57. The molecule has 0 aliphatic rings. The molecule has 0 radical (unpaired) electrons. The molecule has 1 N–H and O–H groups in total. The molecule has 5 heteroatoms. The number of pyridine rings is 1. The van der Waals surface area contributed by atoms with Gasteiger partial charge in [-0.1, -0.05) is 11.8 Å². The lowest BCUT2D eigenvalue weighted by Crippen LogP contribution is -1.98. The number of aromatic nitrogens is 1. The molecule has 3 nitrogen and oxygen atoms in total. The Morgan fingerprint density at radius 3 is 3.08 bits per heavy atom. The minimum atomic E-state index is -0.833. The summed E-state index contributed by atoms with van der Waals surface area (Å²) in [7, 11) is 0. The minimum absolute atomic E-state index is 0.0368. The van der Waals surface area contributed by atoms with E-state index in [1.165, 1.54) is 11.8 Å². The predicted molar refractivity (Wildman–Crippen MR) is 55.0 cm³/mol. The SMILES string of the molecule is Cc1ccnc(SCC(=O)O)c1Br. The van der Waals surface area contributed by atoms with Crippen molar-refractivity contribution in [2.24, 2.45) is 0 Å². The molecule has 1 rings (SSSR count). The van der Waals surface area contributed by atoms with Crippen molar-refractivity contribution < 1.29 is 9.90 Å². The van der Waals surface area contributed by atoms with Gasteiger partial charge in [0.05, 0.1) is 10.2 Å². The van der Waals surface area contributed by atoms with E-state index in [4.69, 9.17) is 5.11 Å². The summed E-state index contributed by atoms with van der Waals surface area (Å²) in [4.78, 5) is 14.4. The van der Waals surface area contributed by atoms with Gasteiger partial charge in [0.2, 0.25) is 0 Å². The van der Waals surface area contributed by atoms with Crippen molar-refractivity contribution in [1.82, 2.24) is 4.98 Å². The summed E-state index contributed by atoms with van der Waals surface area (Å²) in [6, 6.07) is 1.87. The lowest BCUT2D eigenvalue weighted by molar-refractivity contribution is -0.133. The maximum absolute atomic E-state index is 10.3. The van der Waals surface area contributed by atoms with Crippen molar-refractivity contribution in [1.29, 1.82) is 0 Å². The summed E-state index contributed by atoms with van der Waals surface area (Å²) in [5.74, 6) is -0.796. The molecule has 0 amide bonds. The minimum Gasteiger partial charge on any atom is -0.481 e. The second-order valence-corrected chi connectivity index (χ2v) is 4.19. The van der Waals surface area contributed by atoms with E-state index in [0.717, 1.165) is 15.1 Å². The summed E-state index contributed by atoms with van der Waals surface area (Å²) >= 11 is 4.57. The van der Waals surface area contributed by atoms with Crippen molar-refractivity contribution in [3.8, 4) is 0 Å². The Morgan fingerprint density at radius 2 is 2.46 bits per heavy atom. The summed E-state index contributed by atoms with van der Waals surface area (Å²) in [5.41, 5.74) is 1.06. The second kappa shape index (κ2) is 4.62. The molecule has 0 aromatic carbocycles. The van der Waals surface area contributed by atoms with Gasteiger partial charge in [-0.3, -0.25) is 4.79 Å². The Balaban J connectivity index is 2.77. The number of hydrogen-bond acceptors (Lipinski definition) is 3. The number of carbonyl (C=O) groups is 1. The van der Waals surface area contributed by atoms with Gasteiger partial charge < -0.3 is 5.11 Å². The van der Waals surface area contributed by atoms with E-state index >= 15 is 0 Å². The molecule has 0 spiro atoms. The Labute approximate surface area is 88.7 Å². The Morgan fingerprint density at radius 1 is 1.77 bits per heavy atom. The molecule has 0 aliphatic carbocycles. The first-order chi connectivity index (χ1) is 6.11. The first-order valence-corrected chi connectivity index (χ1v) is 5.35. The number of carboxylic acids is 1. The van der Waals surface area contributed by atoms with Crippen LogP contribution in [-0.2, 0) is 4.79 Å². The van der Waals surface area contributed by atoms with Crippen LogP contribution in [0.15, 0.2) is 21.8 Å². The number of halogens is 1. The highest BCUT2D eigenvalue weighted by Gasteiger charge is 2.06.